The molecule has 1 heterocycles. The molecule has 0 unspecified atom stereocenters. The van der Waals surface area contributed by atoms with Gasteiger partial charge in [0.2, 0.25) is 10.0 Å². The van der Waals surface area contributed by atoms with Crippen molar-refractivity contribution in [1.29, 1.82) is 0 Å². The highest BCUT2D eigenvalue weighted by molar-refractivity contribution is 9.10. The minimum absolute atomic E-state index is 0.364. The van der Waals surface area contributed by atoms with E-state index in [4.69, 9.17) is 0 Å². The molecule has 116 valence electrons. The monoisotopic (exact) mass is 372 g/mol. The van der Waals surface area contributed by atoms with E-state index in [9.17, 15) is 8.42 Å². The number of rotatable bonds is 4. The zero-order valence-electron chi connectivity index (χ0n) is 12.4. The average Bonchev–Trinajstić information content (AvgIpc) is 2.46. The van der Waals surface area contributed by atoms with Crippen molar-refractivity contribution >= 4 is 26.0 Å². The predicted molar refractivity (Wildman–Crippen MR) is 88.8 cm³/mol. The Labute approximate surface area is 135 Å². The predicted octanol–water partition coefficient (Wildman–Crippen LogP) is 2.72. The molecule has 0 spiro atoms. The first-order valence-corrected chi connectivity index (χ1v) is 9.24. The van der Waals surface area contributed by atoms with Gasteiger partial charge < -0.3 is 0 Å². The van der Waals surface area contributed by atoms with Gasteiger partial charge in [-0.25, -0.2) is 8.42 Å². The summed E-state index contributed by atoms with van der Waals surface area (Å²) >= 11 is 3.32. The molecule has 2 rings (SSSR count). The van der Waals surface area contributed by atoms with Crippen LogP contribution in [0.5, 0.6) is 0 Å². The summed E-state index contributed by atoms with van der Waals surface area (Å²) in [7, 11) is -3.36. The van der Waals surface area contributed by atoms with Crippen LogP contribution in [0.2, 0.25) is 0 Å². The topological polar surface area (TPSA) is 40.6 Å². The summed E-state index contributed by atoms with van der Waals surface area (Å²) in [6.45, 7) is 7.71. The average molecular weight is 373 g/mol. The van der Waals surface area contributed by atoms with Gasteiger partial charge in [0, 0.05) is 37.2 Å². The maximum atomic E-state index is 12.6. The number of allylic oxidation sites excluding steroid dienone is 1. The third-order valence-electron chi connectivity index (χ3n) is 3.54. The van der Waals surface area contributed by atoms with Crippen LogP contribution in [-0.2, 0) is 10.0 Å². The Bertz CT molecular complexity index is 599. The first-order chi connectivity index (χ1) is 9.89. The standard InChI is InChI=1S/C15H21BrN2O2S/c1-13(2)7-8-17-9-11-18(12-10-17)21(19,20)15-5-3-14(16)4-6-15/h3-7H,8-12H2,1-2H3. The van der Waals surface area contributed by atoms with Crippen molar-refractivity contribution in [3.05, 3.63) is 40.4 Å². The van der Waals surface area contributed by atoms with Crippen LogP contribution in [0.1, 0.15) is 13.8 Å². The van der Waals surface area contributed by atoms with Gasteiger partial charge in [-0.15, -0.1) is 0 Å². The molecule has 0 atom stereocenters. The molecule has 1 fully saturated rings. The lowest BCUT2D eigenvalue weighted by Crippen LogP contribution is -2.48. The Kier molecular flexibility index (Phi) is 5.60. The summed E-state index contributed by atoms with van der Waals surface area (Å²) in [6, 6.07) is 6.82. The van der Waals surface area contributed by atoms with Crippen LogP contribution in [0.25, 0.3) is 0 Å². The minimum Gasteiger partial charge on any atom is -0.297 e. The fourth-order valence-electron chi connectivity index (χ4n) is 2.22. The minimum atomic E-state index is -3.36. The lowest BCUT2D eigenvalue weighted by atomic mass is 10.3. The molecule has 0 radical (unpaired) electrons. The molecule has 6 heteroatoms. The fraction of sp³-hybridized carbons (Fsp3) is 0.467. The molecule has 0 amide bonds. The number of halogens is 1. The van der Waals surface area contributed by atoms with Crippen LogP contribution >= 0.6 is 15.9 Å². The van der Waals surface area contributed by atoms with Crippen molar-refractivity contribution < 1.29 is 8.42 Å². The van der Waals surface area contributed by atoms with E-state index in [0.29, 0.717) is 18.0 Å². The van der Waals surface area contributed by atoms with Crippen molar-refractivity contribution in [2.45, 2.75) is 18.7 Å². The number of sulfonamides is 1. The van der Waals surface area contributed by atoms with Crippen LogP contribution in [0.4, 0.5) is 0 Å². The van der Waals surface area contributed by atoms with Crippen molar-refractivity contribution in [3.63, 3.8) is 0 Å². The molecule has 21 heavy (non-hydrogen) atoms. The van der Waals surface area contributed by atoms with E-state index in [1.807, 2.05) is 0 Å². The Hall–Kier alpha value is -0.690. The van der Waals surface area contributed by atoms with E-state index in [0.717, 1.165) is 24.1 Å². The van der Waals surface area contributed by atoms with Gasteiger partial charge in [0.1, 0.15) is 0 Å². The number of benzene rings is 1. The van der Waals surface area contributed by atoms with E-state index in [1.165, 1.54) is 5.57 Å². The lowest BCUT2D eigenvalue weighted by Gasteiger charge is -2.33. The number of piperazine rings is 1. The van der Waals surface area contributed by atoms with Gasteiger partial charge in [0.25, 0.3) is 0 Å². The first kappa shape index (κ1) is 16.7. The van der Waals surface area contributed by atoms with Gasteiger partial charge in [-0.2, -0.15) is 4.31 Å². The molecule has 1 aliphatic rings. The molecule has 0 saturated carbocycles. The zero-order chi connectivity index (χ0) is 15.5. The van der Waals surface area contributed by atoms with E-state index in [2.05, 4.69) is 40.8 Å². The molecule has 1 saturated heterocycles. The van der Waals surface area contributed by atoms with E-state index in [-0.39, 0.29) is 0 Å². The highest BCUT2D eigenvalue weighted by Crippen LogP contribution is 2.20. The number of nitrogens with zero attached hydrogens (tertiary/aromatic N) is 2. The summed E-state index contributed by atoms with van der Waals surface area (Å²) in [5.74, 6) is 0. The Morgan fingerprint density at radius 1 is 1.14 bits per heavy atom. The Balaban J connectivity index is 2.01. The highest BCUT2D eigenvalue weighted by Gasteiger charge is 2.27. The first-order valence-electron chi connectivity index (χ1n) is 7.01. The molecular weight excluding hydrogens is 352 g/mol. The van der Waals surface area contributed by atoms with E-state index < -0.39 is 10.0 Å². The van der Waals surface area contributed by atoms with Crippen LogP contribution < -0.4 is 0 Å². The van der Waals surface area contributed by atoms with Crippen LogP contribution in [0.15, 0.2) is 45.3 Å². The largest absolute Gasteiger partial charge is 0.297 e. The van der Waals surface area contributed by atoms with E-state index >= 15 is 0 Å². The summed E-state index contributed by atoms with van der Waals surface area (Å²) in [5.41, 5.74) is 1.29. The Morgan fingerprint density at radius 2 is 1.71 bits per heavy atom. The van der Waals surface area contributed by atoms with Gasteiger partial charge in [-0.3, -0.25) is 4.90 Å². The van der Waals surface area contributed by atoms with Crippen molar-refractivity contribution in [2.75, 3.05) is 32.7 Å². The van der Waals surface area contributed by atoms with Crippen LogP contribution in [-0.4, -0.2) is 50.3 Å². The van der Waals surface area contributed by atoms with E-state index in [1.54, 1.807) is 28.6 Å². The molecule has 1 aromatic carbocycles. The SMILES string of the molecule is CC(C)=CCN1CCN(S(=O)(=O)c2ccc(Br)cc2)CC1. The van der Waals surface area contributed by atoms with Crippen molar-refractivity contribution in [3.8, 4) is 0 Å². The van der Waals surface area contributed by atoms with Crippen LogP contribution in [0.3, 0.4) is 0 Å². The summed E-state index contributed by atoms with van der Waals surface area (Å²) in [4.78, 5) is 2.64. The highest BCUT2D eigenvalue weighted by atomic mass is 79.9. The normalized spacial score (nSPS) is 17.7. The summed E-state index contributed by atoms with van der Waals surface area (Å²) in [5, 5.41) is 0. The van der Waals surface area contributed by atoms with Crippen molar-refractivity contribution in [1.82, 2.24) is 9.21 Å². The second-order valence-corrected chi connectivity index (χ2v) is 8.29. The van der Waals surface area contributed by atoms with Crippen LogP contribution in [0, 0.1) is 0 Å². The number of hydrogen-bond donors (Lipinski definition) is 0. The lowest BCUT2D eigenvalue weighted by molar-refractivity contribution is 0.204. The van der Waals surface area contributed by atoms with Gasteiger partial charge in [-0.05, 0) is 38.1 Å². The van der Waals surface area contributed by atoms with Gasteiger partial charge in [0.05, 0.1) is 4.90 Å². The maximum absolute atomic E-state index is 12.6. The van der Waals surface area contributed by atoms with Crippen molar-refractivity contribution in [2.24, 2.45) is 0 Å². The third-order valence-corrected chi connectivity index (χ3v) is 5.98. The van der Waals surface area contributed by atoms with Gasteiger partial charge in [-0.1, -0.05) is 27.6 Å². The molecule has 0 bridgehead atoms. The zero-order valence-corrected chi connectivity index (χ0v) is 14.8. The molecule has 0 N–H and O–H groups in total. The molecule has 1 aromatic rings. The second-order valence-electron chi connectivity index (χ2n) is 5.44. The van der Waals surface area contributed by atoms with Gasteiger partial charge >= 0.3 is 0 Å². The molecule has 0 aromatic heterocycles. The summed E-state index contributed by atoms with van der Waals surface area (Å²) < 4.78 is 27.6. The van der Waals surface area contributed by atoms with Gasteiger partial charge in [0.15, 0.2) is 0 Å². The molecular formula is C15H21BrN2O2S. The third kappa shape index (κ3) is 4.39. The molecule has 4 nitrogen and oxygen atoms in total. The number of hydrogen-bond acceptors (Lipinski definition) is 3. The fourth-order valence-corrected chi connectivity index (χ4v) is 3.91. The molecule has 0 aliphatic carbocycles. The molecule has 1 aliphatic heterocycles. The second kappa shape index (κ2) is 7.05. The smallest absolute Gasteiger partial charge is 0.243 e. The Morgan fingerprint density at radius 3 is 2.24 bits per heavy atom. The quantitative estimate of drug-likeness (QED) is 0.762. The maximum Gasteiger partial charge on any atom is 0.243 e. The summed E-state index contributed by atoms with van der Waals surface area (Å²) in [6.07, 6.45) is 2.18.